The Morgan fingerprint density at radius 2 is 2.50 bits per heavy atom. The van der Waals surface area contributed by atoms with E-state index in [1.807, 2.05) is 0 Å². The Balaban J connectivity index is 2.16. The van der Waals surface area contributed by atoms with E-state index in [0.717, 1.165) is 0 Å². The van der Waals surface area contributed by atoms with Crippen LogP contribution in [0.4, 0.5) is 0 Å². The second-order valence-corrected chi connectivity index (χ2v) is 4.37. The van der Waals surface area contributed by atoms with E-state index in [9.17, 15) is 9.59 Å². The van der Waals surface area contributed by atoms with Gasteiger partial charge in [-0.2, -0.15) is 0 Å². The third-order valence-corrected chi connectivity index (χ3v) is 3.83. The van der Waals surface area contributed by atoms with E-state index in [1.165, 1.54) is 16.7 Å². The molecule has 0 bridgehead atoms. The van der Waals surface area contributed by atoms with Crippen molar-refractivity contribution in [3.63, 3.8) is 0 Å². The largest absolute Gasteiger partial charge is 0.480 e. The molecule has 5 heteroatoms. The van der Waals surface area contributed by atoms with E-state index in [2.05, 4.69) is 12.3 Å². The molecule has 4 nitrogen and oxygen atoms in total. The van der Waals surface area contributed by atoms with E-state index in [0.29, 0.717) is 5.75 Å². The molecule has 0 aromatic rings. The zero-order valence-electron chi connectivity index (χ0n) is 7.34. The maximum Gasteiger partial charge on any atom is 0.327 e. The lowest BCUT2D eigenvalue weighted by Gasteiger charge is -2.41. The summed E-state index contributed by atoms with van der Waals surface area (Å²) in [5.41, 5.74) is 2.57. The first kappa shape index (κ1) is 9.37. The number of hydrogen-bond acceptors (Lipinski definition) is 3. The Morgan fingerprint density at radius 1 is 1.79 bits per heavy atom. The number of β-lactam (4-membered cyclic amide) rings is 1. The van der Waals surface area contributed by atoms with E-state index in [4.69, 9.17) is 5.11 Å². The minimum absolute atomic E-state index is 0.0159. The molecule has 0 aromatic carbocycles. The van der Waals surface area contributed by atoms with E-state index >= 15 is 0 Å². The fourth-order valence-electron chi connectivity index (χ4n) is 1.77. The molecule has 3 atom stereocenters. The van der Waals surface area contributed by atoms with Crippen molar-refractivity contribution in [3.05, 3.63) is 18.4 Å². The van der Waals surface area contributed by atoms with Gasteiger partial charge >= 0.3 is 5.97 Å². The van der Waals surface area contributed by atoms with Crippen LogP contribution in [-0.4, -0.2) is 39.1 Å². The van der Waals surface area contributed by atoms with E-state index in [1.54, 1.807) is 6.08 Å². The molecule has 2 rings (SSSR count). The van der Waals surface area contributed by atoms with Crippen LogP contribution < -0.4 is 0 Å². The maximum atomic E-state index is 11.5. The standard InChI is InChI=1S/C9H9NO3S/c1-2-3-5-7(11)10-6(9(12)13)4-14-8(5)10/h3,5-6,8H,1,4H2,(H,12,13)/t5?,6?,8-/m0/s1. The number of amides is 1. The minimum Gasteiger partial charge on any atom is -0.480 e. The molecule has 0 saturated carbocycles. The monoisotopic (exact) mass is 211 g/mol. The van der Waals surface area contributed by atoms with Crippen molar-refractivity contribution in [1.29, 1.82) is 0 Å². The molecule has 2 fully saturated rings. The quantitative estimate of drug-likeness (QED) is 0.527. The van der Waals surface area contributed by atoms with Crippen LogP contribution in [0.2, 0.25) is 0 Å². The Kier molecular flexibility index (Phi) is 2.13. The molecule has 0 radical (unpaired) electrons. The van der Waals surface area contributed by atoms with Gasteiger partial charge in [-0.3, -0.25) is 4.79 Å². The molecule has 1 amide bonds. The lowest BCUT2D eigenvalue weighted by Crippen LogP contribution is -2.60. The van der Waals surface area contributed by atoms with Crippen LogP contribution in [0.25, 0.3) is 0 Å². The smallest absolute Gasteiger partial charge is 0.327 e. The summed E-state index contributed by atoms with van der Waals surface area (Å²) in [4.78, 5) is 23.7. The molecular weight excluding hydrogens is 202 g/mol. The summed E-state index contributed by atoms with van der Waals surface area (Å²) >= 11 is 1.51. The van der Waals surface area contributed by atoms with Crippen molar-refractivity contribution >= 4 is 23.6 Å². The number of rotatable bonds is 2. The van der Waals surface area contributed by atoms with Crippen LogP contribution in [-0.2, 0) is 9.59 Å². The number of fused-ring (bicyclic) bond motifs is 1. The van der Waals surface area contributed by atoms with Gasteiger partial charge in [-0.1, -0.05) is 6.58 Å². The molecule has 2 saturated heterocycles. The van der Waals surface area contributed by atoms with E-state index in [-0.39, 0.29) is 17.2 Å². The lowest BCUT2D eigenvalue weighted by atomic mass is 9.96. The molecule has 2 unspecified atom stereocenters. The van der Waals surface area contributed by atoms with Crippen molar-refractivity contribution in [2.75, 3.05) is 5.75 Å². The van der Waals surface area contributed by atoms with Gasteiger partial charge in [0.25, 0.3) is 0 Å². The fraction of sp³-hybridized carbons (Fsp3) is 0.444. The molecule has 2 heterocycles. The molecule has 0 aromatic heterocycles. The average Bonchev–Trinajstić information content (AvgIpc) is 2.54. The van der Waals surface area contributed by atoms with Crippen molar-refractivity contribution in [2.24, 2.45) is 5.92 Å². The lowest BCUT2D eigenvalue weighted by molar-refractivity contribution is -0.159. The summed E-state index contributed by atoms with van der Waals surface area (Å²) in [6, 6.07) is -0.646. The number of carbonyl (C=O) groups excluding carboxylic acids is 1. The predicted molar refractivity (Wildman–Crippen MR) is 51.7 cm³/mol. The number of hydrogen-bond donors (Lipinski definition) is 1. The van der Waals surface area contributed by atoms with Crippen LogP contribution in [0, 0.1) is 5.92 Å². The summed E-state index contributed by atoms with van der Waals surface area (Å²) in [6.45, 7) is 3.41. The summed E-state index contributed by atoms with van der Waals surface area (Å²) in [6.07, 6.45) is 1.61. The van der Waals surface area contributed by atoms with Gasteiger partial charge in [0.2, 0.25) is 5.91 Å². The number of carbonyl (C=O) groups is 2. The highest BCUT2D eigenvalue weighted by Crippen LogP contribution is 2.43. The average molecular weight is 211 g/mol. The zero-order valence-corrected chi connectivity index (χ0v) is 8.16. The molecule has 0 spiro atoms. The van der Waals surface area contributed by atoms with Gasteiger partial charge in [0.1, 0.15) is 6.04 Å². The molecule has 14 heavy (non-hydrogen) atoms. The molecular formula is C9H9NO3S. The normalized spacial score (nSPS) is 34.4. The van der Waals surface area contributed by atoms with Gasteiger partial charge < -0.3 is 10.0 Å². The van der Waals surface area contributed by atoms with Gasteiger partial charge in [0, 0.05) is 5.75 Å². The van der Waals surface area contributed by atoms with Gasteiger partial charge in [-0.25, -0.2) is 4.79 Å². The number of aliphatic carboxylic acids is 1. The number of carboxylic acids is 1. The Morgan fingerprint density at radius 3 is 3.07 bits per heavy atom. The van der Waals surface area contributed by atoms with E-state index < -0.39 is 12.0 Å². The SMILES string of the molecule is C=C=CC1C(=O)N2C(C(=O)O)CS[C@@H]12. The first-order chi connectivity index (χ1) is 6.66. The summed E-state index contributed by atoms with van der Waals surface area (Å²) in [5, 5.41) is 8.81. The topological polar surface area (TPSA) is 57.6 Å². The van der Waals surface area contributed by atoms with Crippen LogP contribution in [0.15, 0.2) is 18.4 Å². The summed E-state index contributed by atoms with van der Waals surface area (Å²) in [5.74, 6) is -0.785. The van der Waals surface area contributed by atoms with Crippen LogP contribution in [0.3, 0.4) is 0 Å². The predicted octanol–water partition coefficient (Wildman–Crippen LogP) is 0.312. The van der Waals surface area contributed by atoms with Gasteiger partial charge in [0.05, 0.1) is 11.3 Å². The Hall–Kier alpha value is -1.19. The molecule has 74 valence electrons. The summed E-state index contributed by atoms with van der Waals surface area (Å²) < 4.78 is 0. The van der Waals surface area contributed by atoms with Gasteiger partial charge in [-0.15, -0.1) is 17.5 Å². The number of thioether (sulfide) groups is 1. The minimum atomic E-state index is -0.922. The van der Waals surface area contributed by atoms with Crippen molar-refractivity contribution in [1.82, 2.24) is 4.90 Å². The third-order valence-electron chi connectivity index (χ3n) is 2.46. The maximum absolute atomic E-state index is 11.5. The molecule has 2 aliphatic rings. The molecule has 2 aliphatic heterocycles. The van der Waals surface area contributed by atoms with Gasteiger partial charge in [0.15, 0.2) is 0 Å². The zero-order chi connectivity index (χ0) is 10.3. The van der Waals surface area contributed by atoms with Crippen LogP contribution in [0.1, 0.15) is 0 Å². The molecule has 0 aliphatic carbocycles. The van der Waals surface area contributed by atoms with Crippen molar-refractivity contribution < 1.29 is 14.7 Å². The Bertz CT molecular complexity index is 348. The van der Waals surface area contributed by atoms with Crippen LogP contribution in [0.5, 0.6) is 0 Å². The molecule has 1 N–H and O–H groups in total. The highest BCUT2D eigenvalue weighted by atomic mass is 32.2. The van der Waals surface area contributed by atoms with Gasteiger partial charge in [-0.05, 0) is 6.08 Å². The second-order valence-electron chi connectivity index (χ2n) is 3.22. The summed E-state index contributed by atoms with van der Waals surface area (Å²) in [7, 11) is 0. The first-order valence-corrected chi connectivity index (χ1v) is 5.24. The van der Waals surface area contributed by atoms with Crippen LogP contribution >= 0.6 is 11.8 Å². The first-order valence-electron chi connectivity index (χ1n) is 4.19. The highest BCUT2D eigenvalue weighted by molar-refractivity contribution is 8.00. The highest BCUT2D eigenvalue weighted by Gasteiger charge is 2.55. The fourth-order valence-corrected chi connectivity index (χ4v) is 3.26. The Labute approximate surface area is 85.3 Å². The number of nitrogens with zero attached hydrogens (tertiary/aromatic N) is 1. The number of carboxylic acid groups (broad SMARTS) is 1. The van der Waals surface area contributed by atoms with Crippen molar-refractivity contribution in [2.45, 2.75) is 11.4 Å². The van der Waals surface area contributed by atoms with Crippen molar-refractivity contribution in [3.8, 4) is 0 Å². The second kappa shape index (κ2) is 3.19. The third kappa shape index (κ3) is 1.10.